The molecule has 0 fully saturated rings. The number of aryl methyl sites for hydroxylation is 1. The molecule has 0 saturated carbocycles. The molecule has 0 amide bonds. The summed E-state index contributed by atoms with van der Waals surface area (Å²) >= 11 is 0. The second-order valence-electron chi connectivity index (χ2n) is 6.19. The molecule has 0 spiro atoms. The minimum Gasteiger partial charge on any atom is -0.491 e. The Bertz CT molecular complexity index is 1020. The topological polar surface area (TPSA) is 105 Å². The van der Waals surface area contributed by atoms with E-state index in [0.29, 0.717) is 11.7 Å². The number of para-hydroxylation sites is 1. The average molecular weight is 359 g/mol. The minimum atomic E-state index is -0.872. The molecule has 9 nitrogen and oxygen atoms in total. The lowest BCUT2D eigenvalue weighted by Crippen LogP contribution is -2.31. The Morgan fingerprint density at radius 3 is 2.62 bits per heavy atom. The summed E-state index contributed by atoms with van der Waals surface area (Å²) in [5.41, 5.74) is -0.585. The Kier molecular flexibility index (Phi) is 4.81. The van der Waals surface area contributed by atoms with Gasteiger partial charge in [0.05, 0.1) is 6.54 Å². The number of fused-ring (bicyclic) bond motifs is 1. The van der Waals surface area contributed by atoms with Crippen molar-refractivity contribution in [2.45, 2.75) is 12.6 Å². The van der Waals surface area contributed by atoms with Gasteiger partial charge in [-0.25, -0.2) is 4.79 Å². The van der Waals surface area contributed by atoms with Crippen LogP contribution in [-0.2, 0) is 13.6 Å². The molecule has 2 heterocycles. The summed E-state index contributed by atoms with van der Waals surface area (Å²) in [4.78, 5) is 32.5. The first-order valence-electron chi connectivity index (χ1n) is 8.11. The molecule has 3 aromatic rings. The Balaban J connectivity index is 1.93. The monoisotopic (exact) mass is 359 g/mol. The second-order valence-corrected chi connectivity index (χ2v) is 6.19. The van der Waals surface area contributed by atoms with E-state index in [9.17, 15) is 14.7 Å². The van der Waals surface area contributed by atoms with Crippen LogP contribution in [0.4, 0.5) is 5.95 Å². The van der Waals surface area contributed by atoms with Crippen LogP contribution in [0.15, 0.2) is 39.9 Å². The first-order chi connectivity index (χ1) is 12.4. The molecule has 1 aromatic carbocycles. The Morgan fingerprint density at radius 2 is 1.96 bits per heavy atom. The SMILES string of the molecule is CN(C)c1nc2c(c(=O)[nH]c(=O)n2C)n1CC(O)COc1ccccc1. The molecule has 0 aliphatic heterocycles. The number of aromatic amines is 1. The summed E-state index contributed by atoms with van der Waals surface area (Å²) in [6.45, 7) is 0.151. The van der Waals surface area contributed by atoms with E-state index in [1.54, 1.807) is 35.7 Å². The van der Waals surface area contributed by atoms with Crippen LogP contribution in [0.2, 0.25) is 0 Å². The third kappa shape index (κ3) is 3.33. The smallest absolute Gasteiger partial charge is 0.329 e. The molecule has 9 heteroatoms. The van der Waals surface area contributed by atoms with Crippen LogP contribution in [0.3, 0.4) is 0 Å². The molecule has 0 saturated heterocycles. The highest BCUT2D eigenvalue weighted by Gasteiger charge is 2.20. The predicted octanol–water partition coefficient (Wildman–Crippen LogP) is -0.0708. The van der Waals surface area contributed by atoms with Gasteiger partial charge in [-0.2, -0.15) is 4.98 Å². The van der Waals surface area contributed by atoms with Crippen molar-refractivity contribution in [1.82, 2.24) is 19.1 Å². The average Bonchev–Trinajstić information content (AvgIpc) is 2.99. The van der Waals surface area contributed by atoms with Gasteiger partial charge in [0.25, 0.3) is 5.56 Å². The fraction of sp³-hybridized carbons (Fsp3) is 0.353. The van der Waals surface area contributed by atoms with E-state index in [0.717, 1.165) is 0 Å². The van der Waals surface area contributed by atoms with Crippen molar-refractivity contribution < 1.29 is 9.84 Å². The predicted molar refractivity (Wildman–Crippen MR) is 97.9 cm³/mol. The Labute approximate surface area is 149 Å². The van der Waals surface area contributed by atoms with E-state index in [2.05, 4.69) is 9.97 Å². The quantitative estimate of drug-likeness (QED) is 0.638. The molecule has 1 atom stereocenters. The maximum Gasteiger partial charge on any atom is 0.329 e. The van der Waals surface area contributed by atoms with Gasteiger partial charge >= 0.3 is 5.69 Å². The van der Waals surface area contributed by atoms with E-state index in [1.807, 2.05) is 18.2 Å². The molecule has 26 heavy (non-hydrogen) atoms. The van der Waals surface area contributed by atoms with Crippen LogP contribution in [-0.4, -0.2) is 51.0 Å². The number of benzene rings is 1. The number of hydrogen-bond donors (Lipinski definition) is 2. The number of imidazole rings is 1. The van der Waals surface area contributed by atoms with Gasteiger partial charge in [0.15, 0.2) is 11.2 Å². The number of aromatic nitrogens is 4. The summed E-state index contributed by atoms with van der Waals surface area (Å²) in [7, 11) is 5.08. The zero-order valence-electron chi connectivity index (χ0n) is 14.8. The van der Waals surface area contributed by atoms with Crippen molar-refractivity contribution in [3.05, 3.63) is 51.2 Å². The Hall–Kier alpha value is -3.07. The van der Waals surface area contributed by atoms with Crippen molar-refractivity contribution in [1.29, 1.82) is 0 Å². The number of nitrogens with zero attached hydrogens (tertiary/aromatic N) is 4. The zero-order valence-corrected chi connectivity index (χ0v) is 14.8. The van der Waals surface area contributed by atoms with Gasteiger partial charge in [-0.3, -0.25) is 14.3 Å². The van der Waals surface area contributed by atoms with E-state index in [1.165, 1.54) is 11.6 Å². The van der Waals surface area contributed by atoms with Crippen molar-refractivity contribution in [3.8, 4) is 5.75 Å². The van der Waals surface area contributed by atoms with Crippen LogP contribution in [0.5, 0.6) is 5.75 Å². The van der Waals surface area contributed by atoms with Crippen molar-refractivity contribution >= 4 is 17.1 Å². The van der Waals surface area contributed by atoms with Gasteiger partial charge in [-0.15, -0.1) is 0 Å². The van der Waals surface area contributed by atoms with Crippen LogP contribution >= 0.6 is 0 Å². The lowest BCUT2D eigenvalue weighted by Gasteiger charge is -2.18. The second kappa shape index (κ2) is 7.04. The number of hydrogen-bond acceptors (Lipinski definition) is 6. The number of aliphatic hydroxyl groups excluding tert-OH is 1. The molecule has 0 aliphatic carbocycles. The highest BCUT2D eigenvalue weighted by Crippen LogP contribution is 2.18. The number of nitrogens with one attached hydrogen (secondary N) is 1. The fourth-order valence-corrected chi connectivity index (χ4v) is 2.71. The molecule has 0 aliphatic rings. The van der Waals surface area contributed by atoms with E-state index >= 15 is 0 Å². The number of ether oxygens (including phenoxy) is 1. The van der Waals surface area contributed by atoms with Crippen LogP contribution in [0.25, 0.3) is 11.2 Å². The lowest BCUT2D eigenvalue weighted by molar-refractivity contribution is 0.0937. The molecule has 3 rings (SSSR count). The molecule has 2 N–H and O–H groups in total. The number of anilines is 1. The number of H-pyrrole nitrogens is 1. The molecular formula is C17H21N5O4. The molecule has 0 bridgehead atoms. The number of aliphatic hydroxyl groups is 1. The van der Waals surface area contributed by atoms with Crippen molar-refractivity contribution in [3.63, 3.8) is 0 Å². The lowest BCUT2D eigenvalue weighted by atomic mass is 10.3. The third-order valence-electron chi connectivity index (χ3n) is 3.97. The van der Waals surface area contributed by atoms with Gasteiger partial charge in [-0.1, -0.05) is 18.2 Å². The van der Waals surface area contributed by atoms with Gasteiger partial charge in [0.2, 0.25) is 5.95 Å². The molecule has 0 radical (unpaired) electrons. The summed E-state index contributed by atoms with van der Waals surface area (Å²) in [6.07, 6.45) is -0.872. The molecular weight excluding hydrogens is 338 g/mol. The van der Waals surface area contributed by atoms with Gasteiger partial charge < -0.3 is 19.3 Å². The van der Waals surface area contributed by atoms with Crippen LogP contribution in [0.1, 0.15) is 0 Å². The normalized spacial score (nSPS) is 12.3. The first-order valence-corrected chi connectivity index (χ1v) is 8.11. The van der Waals surface area contributed by atoms with Crippen molar-refractivity contribution in [2.75, 3.05) is 25.6 Å². The van der Waals surface area contributed by atoms with Gasteiger partial charge in [-0.05, 0) is 12.1 Å². The molecule has 138 valence electrons. The minimum absolute atomic E-state index is 0.0558. The van der Waals surface area contributed by atoms with E-state index < -0.39 is 17.4 Å². The Morgan fingerprint density at radius 1 is 1.27 bits per heavy atom. The van der Waals surface area contributed by atoms with Gasteiger partial charge in [0.1, 0.15) is 18.5 Å². The van der Waals surface area contributed by atoms with E-state index in [-0.39, 0.29) is 24.3 Å². The number of rotatable bonds is 6. The van der Waals surface area contributed by atoms with Crippen LogP contribution < -0.4 is 20.9 Å². The van der Waals surface area contributed by atoms with Crippen molar-refractivity contribution in [2.24, 2.45) is 7.05 Å². The zero-order chi connectivity index (χ0) is 18.8. The summed E-state index contributed by atoms with van der Waals surface area (Å²) in [5, 5.41) is 10.4. The maximum absolute atomic E-state index is 12.3. The third-order valence-corrected chi connectivity index (χ3v) is 3.97. The molecule has 2 aromatic heterocycles. The maximum atomic E-state index is 12.3. The summed E-state index contributed by atoms with van der Waals surface area (Å²) in [5.74, 6) is 1.11. The highest BCUT2D eigenvalue weighted by atomic mass is 16.5. The summed E-state index contributed by atoms with van der Waals surface area (Å²) < 4.78 is 8.42. The molecule has 1 unspecified atom stereocenters. The standard InChI is InChI=1S/C17H21N5O4/c1-20(2)16-18-14-13(15(24)19-17(25)21(14)3)22(16)9-11(23)10-26-12-7-5-4-6-8-12/h4-8,11,23H,9-10H2,1-3H3,(H,19,24,25). The fourth-order valence-electron chi connectivity index (χ4n) is 2.71. The summed E-state index contributed by atoms with van der Waals surface area (Å²) in [6, 6.07) is 9.15. The van der Waals surface area contributed by atoms with Crippen LogP contribution in [0, 0.1) is 0 Å². The van der Waals surface area contributed by atoms with E-state index in [4.69, 9.17) is 4.74 Å². The highest BCUT2D eigenvalue weighted by molar-refractivity contribution is 5.74. The largest absolute Gasteiger partial charge is 0.491 e. The van der Waals surface area contributed by atoms with Gasteiger partial charge in [0, 0.05) is 21.1 Å². The first kappa shape index (κ1) is 17.7.